The van der Waals surface area contributed by atoms with Crippen molar-refractivity contribution in [1.29, 1.82) is 0 Å². The Morgan fingerprint density at radius 3 is 2.29 bits per heavy atom. The zero-order chi connectivity index (χ0) is 17.6. The predicted molar refractivity (Wildman–Crippen MR) is 101 cm³/mol. The Labute approximate surface area is 145 Å². The number of nitrogens with one attached hydrogen (secondary N) is 1. The van der Waals surface area contributed by atoms with Gasteiger partial charge in [0.1, 0.15) is 0 Å². The van der Waals surface area contributed by atoms with Crippen LogP contribution in [-0.4, -0.2) is 24.5 Å². The molecule has 0 aromatic heterocycles. The van der Waals surface area contributed by atoms with E-state index in [-0.39, 0.29) is 11.4 Å². The zero-order valence-electron chi connectivity index (χ0n) is 15.2. The van der Waals surface area contributed by atoms with Crippen LogP contribution in [0.3, 0.4) is 0 Å². The Bertz CT molecular complexity index is 659. The summed E-state index contributed by atoms with van der Waals surface area (Å²) in [6, 6.07) is 18.5. The Morgan fingerprint density at radius 2 is 1.62 bits per heavy atom. The molecule has 0 bridgehead atoms. The molecule has 1 N–H and O–H groups in total. The highest BCUT2D eigenvalue weighted by molar-refractivity contribution is 5.74. The van der Waals surface area contributed by atoms with Crippen LogP contribution >= 0.6 is 0 Å². The molecule has 3 heteroatoms. The third-order valence-electron chi connectivity index (χ3n) is 4.01. The van der Waals surface area contributed by atoms with Gasteiger partial charge in [0.05, 0.1) is 0 Å². The van der Waals surface area contributed by atoms with Gasteiger partial charge in [-0.2, -0.15) is 0 Å². The van der Waals surface area contributed by atoms with Gasteiger partial charge in [-0.3, -0.25) is 0 Å². The van der Waals surface area contributed by atoms with E-state index in [1.807, 2.05) is 37.4 Å². The van der Waals surface area contributed by atoms with Gasteiger partial charge in [-0.05, 0) is 28.5 Å². The van der Waals surface area contributed by atoms with Crippen molar-refractivity contribution in [2.75, 3.05) is 13.6 Å². The molecule has 128 valence electrons. The average Bonchev–Trinajstić information content (AvgIpc) is 2.55. The lowest BCUT2D eigenvalue weighted by Crippen LogP contribution is -2.38. The molecule has 0 aliphatic heterocycles. The first-order valence-electron chi connectivity index (χ1n) is 8.49. The highest BCUT2D eigenvalue weighted by atomic mass is 16.2. The first-order chi connectivity index (χ1) is 11.4. The van der Waals surface area contributed by atoms with Gasteiger partial charge in [-0.25, -0.2) is 4.79 Å². The van der Waals surface area contributed by atoms with Gasteiger partial charge in [-0.1, -0.05) is 75.4 Å². The Hall–Kier alpha value is -2.29. The minimum atomic E-state index is -0.0258. The Morgan fingerprint density at radius 1 is 1.00 bits per heavy atom. The highest BCUT2D eigenvalue weighted by Crippen LogP contribution is 2.24. The van der Waals surface area contributed by atoms with Crippen molar-refractivity contribution in [3.63, 3.8) is 0 Å². The van der Waals surface area contributed by atoms with Crippen LogP contribution in [0.1, 0.15) is 32.8 Å². The summed E-state index contributed by atoms with van der Waals surface area (Å²) in [5.74, 6) is 0. The van der Waals surface area contributed by atoms with Crippen molar-refractivity contribution in [3.05, 3.63) is 60.2 Å². The third-order valence-corrected chi connectivity index (χ3v) is 4.01. The molecule has 2 aromatic rings. The van der Waals surface area contributed by atoms with Crippen LogP contribution in [0.4, 0.5) is 4.79 Å². The van der Waals surface area contributed by atoms with Gasteiger partial charge in [-0.15, -0.1) is 0 Å². The van der Waals surface area contributed by atoms with Crippen molar-refractivity contribution in [1.82, 2.24) is 10.2 Å². The fourth-order valence-corrected chi connectivity index (χ4v) is 2.56. The smallest absolute Gasteiger partial charge is 0.317 e. The summed E-state index contributed by atoms with van der Waals surface area (Å²) in [4.78, 5) is 14.0. The average molecular weight is 324 g/mol. The largest absolute Gasteiger partial charge is 0.338 e. The van der Waals surface area contributed by atoms with Crippen LogP contribution in [-0.2, 0) is 6.54 Å². The molecule has 0 spiro atoms. The monoisotopic (exact) mass is 324 g/mol. The first kappa shape index (κ1) is 18.1. The van der Waals surface area contributed by atoms with Gasteiger partial charge in [0.25, 0.3) is 0 Å². The van der Waals surface area contributed by atoms with E-state index >= 15 is 0 Å². The van der Waals surface area contributed by atoms with Crippen molar-refractivity contribution >= 4 is 6.03 Å². The van der Waals surface area contributed by atoms with Crippen LogP contribution in [0, 0.1) is 5.41 Å². The molecule has 2 amide bonds. The van der Waals surface area contributed by atoms with Crippen LogP contribution in [0.15, 0.2) is 54.6 Å². The summed E-state index contributed by atoms with van der Waals surface area (Å²) in [5.41, 5.74) is 3.73. The topological polar surface area (TPSA) is 32.3 Å². The van der Waals surface area contributed by atoms with E-state index in [2.05, 4.69) is 50.4 Å². The van der Waals surface area contributed by atoms with Crippen LogP contribution in [0.2, 0.25) is 0 Å². The molecule has 0 saturated carbocycles. The normalized spacial score (nSPS) is 11.2. The number of benzene rings is 2. The second-order valence-corrected chi connectivity index (χ2v) is 7.42. The maximum Gasteiger partial charge on any atom is 0.317 e. The molecule has 0 radical (unpaired) electrons. The predicted octanol–water partition coefficient (Wildman–Crippen LogP) is 4.93. The summed E-state index contributed by atoms with van der Waals surface area (Å²) >= 11 is 0. The maximum absolute atomic E-state index is 12.3. The number of carbonyl (C=O) groups is 1. The van der Waals surface area contributed by atoms with Gasteiger partial charge in [0.15, 0.2) is 0 Å². The van der Waals surface area contributed by atoms with Crippen molar-refractivity contribution in [2.45, 2.75) is 33.7 Å². The lowest BCUT2D eigenvalue weighted by Gasteiger charge is -2.22. The molecule has 0 unspecified atom stereocenters. The van der Waals surface area contributed by atoms with E-state index in [0.29, 0.717) is 13.1 Å². The van der Waals surface area contributed by atoms with E-state index in [9.17, 15) is 4.79 Å². The summed E-state index contributed by atoms with van der Waals surface area (Å²) in [7, 11) is 1.84. The quantitative estimate of drug-likeness (QED) is 0.831. The van der Waals surface area contributed by atoms with E-state index in [1.54, 1.807) is 4.90 Å². The van der Waals surface area contributed by atoms with Gasteiger partial charge in [0, 0.05) is 20.1 Å². The van der Waals surface area contributed by atoms with E-state index in [1.165, 1.54) is 11.1 Å². The van der Waals surface area contributed by atoms with E-state index in [4.69, 9.17) is 0 Å². The minimum Gasteiger partial charge on any atom is -0.338 e. The lowest BCUT2D eigenvalue weighted by molar-refractivity contribution is 0.205. The van der Waals surface area contributed by atoms with Gasteiger partial charge in [0.2, 0.25) is 0 Å². The molecule has 0 atom stereocenters. The number of hydrogen-bond donors (Lipinski definition) is 1. The number of hydrogen-bond acceptors (Lipinski definition) is 1. The van der Waals surface area contributed by atoms with Gasteiger partial charge < -0.3 is 10.2 Å². The fourth-order valence-electron chi connectivity index (χ4n) is 2.56. The van der Waals surface area contributed by atoms with Crippen molar-refractivity contribution < 1.29 is 4.79 Å². The molecule has 0 saturated heterocycles. The highest BCUT2D eigenvalue weighted by Gasteiger charge is 2.14. The molecular formula is C21H28N2O. The zero-order valence-corrected chi connectivity index (χ0v) is 15.2. The fraction of sp³-hybridized carbons (Fsp3) is 0.381. The maximum atomic E-state index is 12.3. The second-order valence-electron chi connectivity index (χ2n) is 7.42. The van der Waals surface area contributed by atoms with Crippen LogP contribution < -0.4 is 5.32 Å². The standard InChI is InChI=1S/C21H28N2O/c1-21(2,3)14-15-22-20(24)23(4)16-18-12-8-9-13-19(18)17-10-6-5-7-11-17/h5-13H,14-16H2,1-4H3,(H,22,24). The Kier molecular flexibility index (Phi) is 6.02. The third kappa shape index (κ3) is 5.41. The summed E-state index contributed by atoms with van der Waals surface area (Å²) in [6.07, 6.45) is 0.965. The van der Waals surface area contributed by atoms with Gasteiger partial charge >= 0.3 is 6.03 Å². The number of nitrogens with zero attached hydrogens (tertiary/aromatic N) is 1. The van der Waals surface area contributed by atoms with E-state index < -0.39 is 0 Å². The summed E-state index contributed by atoms with van der Waals surface area (Å²) in [6.45, 7) is 7.83. The minimum absolute atomic E-state index is 0.0258. The van der Waals surface area contributed by atoms with Crippen LogP contribution in [0.5, 0.6) is 0 Å². The summed E-state index contributed by atoms with van der Waals surface area (Å²) < 4.78 is 0. The Balaban J connectivity index is 2.02. The summed E-state index contributed by atoms with van der Waals surface area (Å²) in [5, 5.41) is 3.01. The number of amides is 2. The van der Waals surface area contributed by atoms with E-state index in [0.717, 1.165) is 12.0 Å². The molecule has 0 fully saturated rings. The molecule has 3 nitrogen and oxygen atoms in total. The molecule has 2 aromatic carbocycles. The molecule has 0 aliphatic rings. The number of rotatable bonds is 5. The first-order valence-corrected chi connectivity index (χ1v) is 8.49. The number of carbonyl (C=O) groups excluding carboxylic acids is 1. The molecule has 0 aliphatic carbocycles. The van der Waals surface area contributed by atoms with Crippen LogP contribution in [0.25, 0.3) is 11.1 Å². The van der Waals surface area contributed by atoms with Crippen molar-refractivity contribution in [3.8, 4) is 11.1 Å². The second kappa shape index (κ2) is 8.00. The number of urea groups is 1. The molecule has 0 heterocycles. The lowest BCUT2D eigenvalue weighted by atomic mass is 9.92. The van der Waals surface area contributed by atoms with Crippen molar-refractivity contribution in [2.24, 2.45) is 5.41 Å². The molecule has 2 rings (SSSR count). The SMILES string of the molecule is CN(Cc1ccccc1-c1ccccc1)C(=O)NCCC(C)(C)C. The molecular weight excluding hydrogens is 296 g/mol. The molecule has 24 heavy (non-hydrogen) atoms.